The maximum atomic E-state index is 12.6. The zero-order valence-corrected chi connectivity index (χ0v) is 15.9. The van der Waals surface area contributed by atoms with Crippen molar-refractivity contribution in [2.24, 2.45) is 0 Å². The van der Waals surface area contributed by atoms with Gasteiger partial charge in [-0.05, 0) is 48.2 Å². The van der Waals surface area contributed by atoms with Gasteiger partial charge in [0.25, 0.3) is 5.91 Å². The smallest absolute Gasteiger partial charge is 0.274 e. The number of pyridine rings is 2. The van der Waals surface area contributed by atoms with Crippen LogP contribution in [-0.4, -0.2) is 15.9 Å². The minimum atomic E-state index is -0.206. The molecule has 0 radical (unpaired) electrons. The second kappa shape index (κ2) is 8.45. The summed E-state index contributed by atoms with van der Waals surface area (Å²) in [6, 6.07) is 15.4. The van der Waals surface area contributed by atoms with Gasteiger partial charge in [0.1, 0.15) is 5.69 Å². The highest BCUT2D eigenvalue weighted by atomic mass is 16.1. The first-order valence-electron chi connectivity index (χ1n) is 9.05. The molecule has 1 amide bonds. The third-order valence-electron chi connectivity index (χ3n) is 4.36. The largest absolute Gasteiger partial charge is 0.378 e. The van der Waals surface area contributed by atoms with Gasteiger partial charge < -0.3 is 10.6 Å². The topological polar surface area (TPSA) is 66.9 Å². The molecule has 5 nitrogen and oxygen atoms in total. The number of hydrogen-bond acceptors (Lipinski definition) is 4. The standard InChI is InChI=1S/C22H24N4O/c1-15(2)19-9-6-7-16(3)21(19)26-22(27)20-11-10-18(14-25-20)24-13-17-8-4-5-12-23-17/h4-12,14-15,24H,13H2,1-3H3,(H,26,27). The number of aromatic nitrogens is 2. The maximum Gasteiger partial charge on any atom is 0.274 e. The third kappa shape index (κ3) is 4.70. The highest BCUT2D eigenvalue weighted by Gasteiger charge is 2.14. The average molecular weight is 360 g/mol. The number of aryl methyl sites for hydroxylation is 1. The highest BCUT2D eigenvalue weighted by Crippen LogP contribution is 2.27. The summed E-state index contributed by atoms with van der Waals surface area (Å²) < 4.78 is 0. The van der Waals surface area contributed by atoms with Crippen molar-refractivity contribution in [2.45, 2.75) is 33.2 Å². The summed E-state index contributed by atoms with van der Waals surface area (Å²) in [6.07, 6.45) is 3.43. The van der Waals surface area contributed by atoms with Crippen molar-refractivity contribution in [3.8, 4) is 0 Å². The van der Waals surface area contributed by atoms with Crippen LogP contribution in [0.25, 0.3) is 0 Å². The summed E-state index contributed by atoms with van der Waals surface area (Å²) in [4.78, 5) is 21.2. The fraction of sp³-hybridized carbons (Fsp3) is 0.227. The molecule has 0 atom stereocenters. The van der Waals surface area contributed by atoms with Gasteiger partial charge in [0.15, 0.2) is 0 Å². The number of carbonyl (C=O) groups is 1. The second-order valence-electron chi connectivity index (χ2n) is 6.75. The molecule has 1 aromatic carbocycles. The molecule has 3 rings (SSSR count). The molecule has 2 heterocycles. The number of hydrogen-bond donors (Lipinski definition) is 2. The van der Waals surface area contributed by atoms with Crippen molar-refractivity contribution in [3.63, 3.8) is 0 Å². The van der Waals surface area contributed by atoms with E-state index in [-0.39, 0.29) is 5.91 Å². The normalized spacial score (nSPS) is 10.7. The summed E-state index contributed by atoms with van der Waals surface area (Å²) >= 11 is 0. The Morgan fingerprint density at radius 3 is 2.56 bits per heavy atom. The summed E-state index contributed by atoms with van der Waals surface area (Å²) in [6.45, 7) is 6.84. The minimum Gasteiger partial charge on any atom is -0.378 e. The molecule has 0 bridgehead atoms. The van der Waals surface area contributed by atoms with Crippen LogP contribution in [-0.2, 0) is 6.54 Å². The fourth-order valence-corrected chi connectivity index (χ4v) is 2.85. The molecule has 0 saturated carbocycles. The Morgan fingerprint density at radius 2 is 1.89 bits per heavy atom. The van der Waals surface area contributed by atoms with Gasteiger partial charge in [-0.1, -0.05) is 38.1 Å². The van der Waals surface area contributed by atoms with Crippen molar-refractivity contribution in [2.75, 3.05) is 10.6 Å². The molecule has 5 heteroatoms. The molecule has 138 valence electrons. The van der Waals surface area contributed by atoms with E-state index in [1.165, 1.54) is 0 Å². The Kier molecular flexibility index (Phi) is 5.81. The summed E-state index contributed by atoms with van der Waals surface area (Å²) in [5.74, 6) is 0.119. The van der Waals surface area contributed by atoms with E-state index in [9.17, 15) is 4.79 Å². The van der Waals surface area contributed by atoms with Gasteiger partial charge in [-0.3, -0.25) is 9.78 Å². The zero-order valence-electron chi connectivity index (χ0n) is 15.9. The average Bonchev–Trinajstić information content (AvgIpc) is 2.69. The predicted molar refractivity (Wildman–Crippen MR) is 109 cm³/mol. The lowest BCUT2D eigenvalue weighted by molar-refractivity contribution is 0.102. The summed E-state index contributed by atoms with van der Waals surface area (Å²) in [5, 5.41) is 6.28. The number of rotatable bonds is 6. The molecule has 0 aliphatic rings. The molecule has 0 fully saturated rings. The first kappa shape index (κ1) is 18.6. The second-order valence-corrected chi connectivity index (χ2v) is 6.75. The molecule has 2 N–H and O–H groups in total. The number of carbonyl (C=O) groups excluding carboxylic acids is 1. The van der Waals surface area contributed by atoms with E-state index >= 15 is 0 Å². The fourth-order valence-electron chi connectivity index (χ4n) is 2.85. The first-order valence-corrected chi connectivity index (χ1v) is 9.05. The minimum absolute atomic E-state index is 0.206. The highest BCUT2D eigenvalue weighted by molar-refractivity contribution is 6.03. The van der Waals surface area contributed by atoms with E-state index in [0.717, 1.165) is 28.2 Å². The Bertz CT molecular complexity index is 905. The van der Waals surface area contributed by atoms with E-state index in [2.05, 4.69) is 34.4 Å². The maximum absolute atomic E-state index is 12.6. The van der Waals surface area contributed by atoms with Crippen LogP contribution in [0.2, 0.25) is 0 Å². The summed E-state index contributed by atoms with van der Waals surface area (Å²) in [5.41, 5.74) is 5.21. The summed E-state index contributed by atoms with van der Waals surface area (Å²) in [7, 11) is 0. The van der Waals surface area contributed by atoms with Gasteiger partial charge in [-0.15, -0.1) is 0 Å². The lowest BCUT2D eigenvalue weighted by atomic mass is 9.98. The van der Waals surface area contributed by atoms with Crippen LogP contribution < -0.4 is 10.6 Å². The lowest BCUT2D eigenvalue weighted by Crippen LogP contribution is -2.16. The number of benzene rings is 1. The molecule has 27 heavy (non-hydrogen) atoms. The van der Waals surface area contributed by atoms with Gasteiger partial charge in [-0.2, -0.15) is 0 Å². The van der Waals surface area contributed by atoms with Gasteiger partial charge in [-0.25, -0.2) is 4.98 Å². The van der Waals surface area contributed by atoms with Crippen molar-refractivity contribution in [1.82, 2.24) is 9.97 Å². The van der Waals surface area contributed by atoms with Gasteiger partial charge in [0.05, 0.1) is 24.1 Å². The predicted octanol–water partition coefficient (Wildman–Crippen LogP) is 4.77. The van der Waals surface area contributed by atoms with Crippen LogP contribution in [0.15, 0.2) is 60.9 Å². The number of nitrogens with one attached hydrogen (secondary N) is 2. The SMILES string of the molecule is Cc1cccc(C(C)C)c1NC(=O)c1ccc(NCc2ccccn2)cn1. The molecule has 0 spiro atoms. The van der Waals surface area contributed by atoms with E-state index in [4.69, 9.17) is 0 Å². The van der Waals surface area contributed by atoms with Crippen LogP contribution in [0, 0.1) is 6.92 Å². The molecule has 0 aliphatic heterocycles. The van der Waals surface area contributed by atoms with E-state index < -0.39 is 0 Å². The third-order valence-corrected chi connectivity index (χ3v) is 4.36. The van der Waals surface area contributed by atoms with Crippen molar-refractivity contribution < 1.29 is 4.79 Å². The Labute approximate surface area is 159 Å². The number of amides is 1. The zero-order chi connectivity index (χ0) is 19.2. The van der Waals surface area contributed by atoms with Gasteiger partial charge in [0.2, 0.25) is 0 Å². The first-order chi connectivity index (χ1) is 13.0. The van der Waals surface area contributed by atoms with Crippen molar-refractivity contribution in [3.05, 3.63) is 83.4 Å². The molecular weight excluding hydrogens is 336 g/mol. The van der Waals surface area contributed by atoms with Crippen LogP contribution in [0.1, 0.15) is 47.1 Å². The lowest BCUT2D eigenvalue weighted by Gasteiger charge is -2.16. The monoisotopic (exact) mass is 360 g/mol. The Hall–Kier alpha value is -3.21. The molecule has 0 saturated heterocycles. The Morgan fingerprint density at radius 1 is 1.04 bits per heavy atom. The van der Waals surface area contributed by atoms with E-state index in [0.29, 0.717) is 18.2 Å². The molecule has 0 unspecified atom stereocenters. The van der Waals surface area contributed by atoms with Crippen LogP contribution >= 0.6 is 0 Å². The van der Waals surface area contributed by atoms with Crippen molar-refractivity contribution >= 4 is 17.3 Å². The van der Waals surface area contributed by atoms with Gasteiger partial charge in [0, 0.05) is 11.9 Å². The molecule has 0 aliphatic carbocycles. The van der Waals surface area contributed by atoms with Crippen LogP contribution in [0.4, 0.5) is 11.4 Å². The number of para-hydroxylation sites is 1. The number of nitrogens with zero attached hydrogens (tertiary/aromatic N) is 2. The van der Waals surface area contributed by atoms with Crippen molar-refractivity contribution in [1.29, 1.82) is 0 Å². The van der Waals surface area contributed by atoms with E-state index in [1.54, 1.807) is 18.5 Å². The Balaban J connectivity index is 1.68. The van der Waals surface area contributed by atoms with E-state index in [1.807, 2.05) is 49.4 Å². The molecular formula is C22H24N4O. The van der Waals surface area contributed by atoms with Crippen LogP contribution in [0.5, 0.6) is 0 Å². The van der Waals surface area contributed by atoms with Gasteiger partial charge >= 0.3 is 0 Å². The number of anilines is 2. The quantitative estimate of drug-likeness (QED) is 0.664. The van der Waals surface area contributed by atoms with Crippen LogP contribution in [0.3, 0.4) is 0 Å². The molecule has 2 aromatic heterocycles. The molecule has 3 aromatic rings.